The van der Waals surface area contributed by atoms with Crippen LogP contribution in [0.5, 0.6) is 0 Å². The Labute approximate surface area is 107 Å². The van der Waals surface area contributed by atoms with E-state index in [1.165, 1.54) is 0 Å². The second-order valence-corrected chi connectivity index (χ2v) is 3.71. The Morgan fingerprint density at radius 1 is 0.895 bits per heavy atom. The molecule has 0 radical (unpaired) electrons. The molecule has 0 unspecified atom stereocenters. The van der Waals surface area contributed by atoms with Crippen LogP contribution in [0.4, 0.5) is 22.7 Å². The van der Waals surface area contributed by atoms with Crippen molar-refractivity contribution in [3.05, 3.63) is 68.8 Å². The van der Waals surface area contributed by atoms with E-state index in [2.05, 4.69) is 5.32 Å². The highest BCUT2D eigenvalue weighted by atomic mass is 16.6. The zero-order chi connectivity index (χ0) is 13.8. The van der Waals surface area contributed by atoms with E-state index in [4.69, 9.17) is 0 Å². The third-order valence-electron chi connectivity index (χ3n) is 2.44. The normalized spacial score (nSPS) is 9.89. The van der Waals surface area contributed by atoms with Gasteiger partial charge in [-0.25, -0.2) is 0 Å². The quantitative estimate of drug-likeness (QED) is 0.671. The van der Waals surface area contributed by atoms with Crippen molar-refractivity contribution in [1.29, 1.82) is 0 Å². The highest BCUT2D eigenvalue weighted by molar-refractivity contribution is 5.72. The number of hydrogen-bond acceptors (Lipinski definition) is 5. The van der Waals surface area contributed by atoms with Gasteiger partial charge in [0, 0.05) is 23.9 Å². The van der Waals surface area contributed by atoms with Crippen molar-refractivity contribution in [3.63, 3.8) is 0 Å². The van der Waals surface area contributed by atoms with E-state index in [-0.39, 0.29) is 17.1 Å². The SMILES string of the molecule is O=[N+]([O-])c1ccc([N+](=O)[O-])c(Nc2ccccc2)c1. The molecule has 2 aromatic rings. The van der Waals surface area contributed by atoms with Crippen LogP contribution < -0.4 is 5.32 Å². The predicted octanol–water partition coefficient (Wildman–Crippen LogP) is 3.25. The summed E-state index contributed by atoms with van der Waals surface area (Å²) in [5.41, 5.74) is 0.287. The van der Waals surface area contributed by atoms with Gasteiger partial charge in [-0.2, -0.15) is 0 Å². The monoisotopic (exact) mass is 259 g/mol. The molecule has 7 nitrogen and oxygen atoms in total. The van der Waals surface area contributed by atoms with Crippen LogP contribution in [0.3, 0.4) is 0 Å². The fraction of sp³-hybridized carbons (Fsp3) is 0. The smallest absolute Gasteiger partial charge is 0.293 e. The average Bonchev–Trinajstić information content (AvgIpc) is 2.39. The van der Waals surface area contributed by atoms with Crippen LogP contribution in [0.1, 0.15) is 0 Å². The van der Waals surface area contributed by atoms with E-state index < -0.39 is 9.85 Å². The van der Waals surface area contributed by atoms with E-state index in [1.807, 2.05) is 0 Å². The van der Waals surface area contributed by atoms with Crippen LogP contribution in [0.25, 0.3) is 0 Å². The van der Waals surface area contributed by atoms with Gasteiger partial charge in [-0.05, 0) is 12.1 Å². The van der Waals surface area contributed by atoms with Crippen LogP contribution in [-0.2, 0) is 0 Å². The van der Waals surface area contributed by atoms with E-state index >= 15 is 0 Å². The van der Waals surface area contributed by atoms with Gasteiger partial charge in [0.15, 0.2) is 0 Å². The maximum Gasteiger partial charge on any atom is 0.293 e. The lowest BCUT2D eigenvalue weighted by molar-refractivity contribution is -0.388. The summed E-state index contributed by atoms with van der Waals surface area (Å²) in [6, 6.07) is 12.1. The Bertz CT molecular complexity index is 628. The largest absolute Gasteiger partial charge is 0.350 e. The van der Waals surface area contributed by atoms with E-state index in [0.29, 0.717) is 5.69 Å². The summed E-state index contributed by atoms with van der Waals surface area (Å²) in [5.74, 6) is 0. The van der Waals surface area contributed by atoms with Gasteiger partial charge in [-0.1, -0.05) is 18.2 Å². The molecule has 0 aliphatic carbocycles. The molecule has 0 fully saturated rings. The summed E-state index contributed by atoms with van der Waals surface area (Å²) in [6.07, 6.45) is 0. The van der Waals surface area contributed by atoms with Crippen molar-refractivity contribution in [3.8, 4) is 0 Å². The number of nitro benzene ring substituents is 2. The standard InChI is InChI=1S/C12H9N3O4/c16-14(17)10-6-7-12(15(18)19)11(8-10)13-9-4-2-1-3-5-9/h1-8,13H. The molecule has 96 valence electrons. The van der Waals surface area contributed by atoms with Gasteiger partial charge in [0.25, 0.3) is 11.4 Å². The number of non-ortho nitro benzene ring substituents is 1. The molecule has 0 saturated carbocycles. The Morgan fingerprint density at radius 2 is 1.58 bits per heavy atom. The molecule has 0 aliphatic rings. The van der Waals surface area contributed by atoms with Crippen molar-refractivity contribution in [1.82, 2.24) is 0 Å². The minimum atomic E-state index is -0.597. The molecule has 0 aliphatic heterocycles. The summed E-state index contributed by atoms with van der Waals surface area (Å²) in [7, 11) is 0. The van der Waals surface area contributed by atoms with Crippen molar-refractivity contribution in [2.24, 2.45) is 0 Å². The van der Waals surface area contributed by atoms with Crippen LogP contribution in [0, 0.1) is 20.2 Å². The molecule has 0 saturated heterocycles. The Kier molecular flexibility index (Phi) is 3.37. The number of anilines is 2. The zero-order valence-corrected chi connectivity index (χ0v) is 9.65. The zero-order valence-electron chi connectivity index (χ0n) is 9.65. The van der Waals surface area contributed by atoms with Crippen LogP contribution >= 0.6 is 0 Å². The molecule has 0 amide bonds. The van der Waals surface area contributed by atoms with Crippen LogP contribution in [-0.4, -0.2) is 9.85 Å². The maximum absolute atomic E-state index is 10.9. The maximum atomic E-state index is 10.9. The number of para-hydroxylation sites is 1. The molecule has 0 heterocycles. The second kappa shape index (κ2) is 5.13. The molecule has 1 N–H and O–H groups in total. The lowest BCUT2D eigenvalue weighted by atomic mass is 10.2. The lowest BCUT2D eigenvalue weighted by Gasteiger charge is -2.06. The summed E-state index contributed by atoms with van der Waals surface area (Å²) < 4.78 is 0. The van der Waals surface area contributed by atoms with Gasteiger partial charge >= 0.3 is 0 Å². The van der Waals surface area contributed by atoms with Gasteiger partial charge in [0.2, 0.25) is 0 Å². The van der Waals surface area contributed by atoms with Gasteiger partial charge in [0.1, 0.15) is 5.69 Å². The van der Waals surface area contributed by atoms with Gasteiger partial charge < -0.3 is 5.32 Å². The lowest BCUT2D eigenvalue weighted by Crippen LogP contribution is -1.98. The third kappa shape index (κ3) is 2.83. The van der Waals surface area contributed by atoms with E-state index in [9.17, 15) is 20.2 Å². The molecular formula is C12H9N3O4. The van der Waals surface area contributed by atoms with E-state index in [0.717, 1.165) is 18.2 Å². The number of benzene rings is 2. The summed E-state index contributed by atoms with van der Waals surface area (Å²) in [6.45, 7) is 0. The molecule has 2 rings (SSSR count). The van der Waals surface area contributed by atoms with Gasteiger partial charge in [-0.3, -0.25) is 20.2 Å². The Hall–Kier alpha value is -2.96. The molecule has 0 aromatic heterocycles. The molecule has 0 bridgehead atoms. The molecule has 2 aromatic carbocycles. The number of nitrogens with one attached hydrogen (secondary N) is 1. The molecular weight excluding hydrogens is 250 g/mol. The minimum Gasteiger partial charge on any atom is -0.350 e. The first-order valence-electron chi connectivity index (χ1n) is 5.33. The highest BCUT2D eigenvalue weighted by Crippen LogP contribution is 2.31. The third-order valence-corrected chi connectivity index (χ3v) is 2.44. The van der Waals surface area contributed by atoms with Crippen molar-refractivity contribution in [2.45, 2.75) is 0 Å². The molecule has 0 spiro atoms. The Balaban J connectivity index is 2.43. The Morgan fingerprint density at radius 3 is 2.16 bits per heavy atom. The fourth-order valence-corrected chi connectivity index (χ4v) is 1.57. The number of nitrogens with zero attached hydrogens (tertiary/aromatic N) is 2. The number of hydrogen-bond donors (Lipinski definition) is 1. The molecule has 19 heavy (non-hydrogen) atoms. The molecule has 0 atom stereocenters. The topological polar surface area (TPSA) is 98.3 Å². The summed E-state index contributed by atoms with van der Waals surface area (Å²) in [4.78, 5) is 20.4. The number of nitro groups is 2. The van der Waals surface area contributed by atoms with E-state index in [1.54, 1.807) is 30.3 Å². The van der Waals surface area contributed by atoms with Gasteiger partial charge in [-0.15, -0.1) is 0 Å². The molecule has 7 heteroatoms. The summed E-state index contributed by atoms with van der Waals surface area (Å²) >= 11 is 0. The fourth-order valence-electron chi connectivity index (χ4n) is 1.57. The second-order valence-electron chi connectivity index (χ2n) is 3.71. The first-order valence-corrected chi connectivity index (χ1v) is 5.33. The van der Waals surface area contributed by atoms with Crippen molar-refractivity contribution < 1.29 is 9.85 Å². The summed E-state index contributed by atoms with van der Waals surface area (Å²) in [5, 5.41) is 24.4. The highest BCUT2D eigenvalue weighted by Gasteiger charge is 2.18. The van der Waals surface area contributed by atoms with Gasteiger partial charge in [0.05, 0.1) is 9.85 Å². The number of rotatable bonds is 4. The van der Waals surface area contributed by atoms with Crippen LogP contribution in [0.15, 0.2) is 48.5 Å². The first-order chi connectivity index (χ1) is 9.08. The first kappa shape index (κ1) is 12.5. The average molecular weight is 259 g/mol. The predicted molar refractivity (Wildman–Crippen MR) is 69.5 cm³/mol. The minimum absolute atomic E-state index is 0.0883. The van der Waals surface area contributed by atoms with Crippen molar-refractivity contribution >= 4 is 22.7 Å². The van der Waals surface area contributed by atoms with Crippen molar-refractivity contribution in [2.75, 3.05) is 5.32 Å². The van der Waals surface area contributed by atoms with Crippen LogP contribution in [0.2, 0.25) is 0 Å².